The molecule has 0 saturated heterocycles. The van der Waals surface area contributed by atoms with Crippen LogP contribution >= 0.6 is 11.6 Å². The Morgan fingerprint density at radius 3 is 2.89 bits per heavy atom. The van der Waals surface area contributed by atoms with Gasteiger partial charge >= 0.3 is 0 Å². The van der Waals surface area contributed by atoms with Gasteiger partial charge in [0.05, 0.1) is 10.5 Å². The second-order valence-electron chi connectivity index (χ2n) is 3.83. The molecule has 1 rings (SSSR count). The summed E-state index contributed by atoms with van der Waals surface area (Å²) in [6.45, 7) is 6.37. The lowest BCUT2D eigenvalue weighted by molar-refractivity contribution is -0.385. The first-order valence-electron chi connectivity index (χ1n) is 5.71. The Kier molecular flexibility index (Phi) is 5.44. The molecule has 1 aromatic heterocycles. The van der Waals surface area contributed by atoms with E-state index < -0.39 is 4.92 Å². The monoisotopic (exact) mass is 283 g/mol. The van der Waals surface area contributed by atoms with E-state index in [0.29, 0.717) is 13.1 Å². The van der Waals surface area contributed by atoms with Gasteiger partial charge in [0, 0.05) is 19.2 Å². The summed E-state index contributed by atoms with van der Waals surface area (Å²) >= 11 is 5.83. The van der Waals surface area contributed by atoms with Gasteiger partial charge in [0.25, 0.3) is 11.6 Å². The standard InChI is InChI=1S/C12H14ClN3O3/c1-3-5-15(6-4-2)12(17)10-7-9(16(18)19)8-14-11(10)13/h3,7-8H,1,4-6H2,2H3. The Labute approximate surface area is 115 Å². The molecular weight excluding hydrogens is 270 g/mol. The Hall–Kier alpha value is -1.95. The quantitative estimate of drug-likeness (QED) is 0.348. The maximum absolute atomic E-state index is 12.3. The summed E-state index contributed by atoms with van der Waals surface area (Å²) in [4.78, 5) is 27.5. The molecular formula is C12H14ClN3O3. The normalized spacial score (nSPS) is 10.0. The largest absolute Gasteiger partial charge is 0.335 e. The lowest BCUT2D eigenvalue weighted by Gasteiger charge is -2.20. The zero-order chi connectivity index (χ0) is 14.4. The maximum Gasteiger partial charge on any atom is 0.288 e. The smallest absolute Gasteiger partial charge is 0.288 e. The van der Waals surface area contributed by atoms with E-state index in [-0.39, 0.29) is 22.3 Å². The van der Waals surface area contributed by atoms with Crippen LogP contribution in [-0.2, 0) is 0 Å². The van der Waals surface area contributed by atoms with E-state index in [0.717, 1.165) is 18.7 Å². The van der Waals surface area contributed by atoms with E-state index in [1.54, 1.807) is 6.08 Å². The molecule has 102 valence electrons. The lowest BCUT2D eigenvalue weighted by Crippen LogP contribution is -2.32. The van der Waals surface area contributed by atoms with E-state index in [1.165, 1.54) is 4.90 Å². The minimum atomic E-state index is -0.613. The van der Waals surface area contributed by atoms with Gasteiger partial charge in [0.2, 0.25) is 0 Å². The summed E-state index contributed by atoms with van der Waals surface area (Å²) in [5.74, 6) is -0.386. The average Bonchev–Trinajstić information content (AvgIpc) is 2.38. The molecule has 0 spiro atoms. The average molecular weight is 284 g/mol. The van der Waals surface area contributed by atoms with Crippen molar-refractivity contribution >= 4 is 23.2 Å². The number of amides is 1. The van der Waals surface area contributed by atoms with E-state index in [1.807, 2.05) is 6.92 Å². The predicted molar refractivity (Wildman–Crippen MR) is 72.3 cm³/mol. The van der Waals surface area contributed by atoms with Crippen molar-refractivity contribution in [3.8, 4) is 0 Å². The first-order valence-corrected chi connectivity index (χ1v) is 6.09. The summed E-state index contributed by atoms with van der Waals surface area (Å²) in [6.07, 6.45) is 3.38. The number of halogens is 1. The van der Waals surface area contributed by atoms with Crippen LogP contribution in [0.1, 0.15) is 23.7 Å². The van der Waals surface area contributed by atoms with Crippen molar-refractivity contribution in [2.45, 2.75) is 13.3 Å². The van der Waals surface area contributed by atoms with Gasteiger partial charge in [-0.1, -0.05) is 24.6 Å². The van der Waals surface area contributed by atoms with Gasteiger partial charge in [-0.05, 0) is 6.42 Å². The maximum atomic E-state index is 12.3. The molecule has 0 bridgehead atoms. The van der Waals surface area contributed by atoms with Gasteiger partial charge in [0.15, 0.2) is 0 Å². The van der Waals surface area contributed by atoms with Crippen molar-refractivity contribution in [1.82, 2.24) is 9.88 Å². The van der Waals surface area contributed by atoms with Crippen LogP contribution in [0.5, 0.6) is 0 Å². The molecule has 0 fully saturated rings. The number of pyridine rings is 1. The molecule has 0 aliphatic carbocycles. The van der Waals surface area contributed by atoms with E-state index in [2.05, 4.69) is 11.6 Å². The molecule has 0 N–H and O–H groups in total. The minimum absolute atomic E-state index is 0.0335. The third kappa shape index (κ3) is 3.75. The summed E-state index contributed by atoms with van der Waals surface area (Å²) in [7, 11) is 0. The van der Waals surface area contributed by atoms with Gasteiger partial charge < -0.3 is 4.90 Å². The van der Waals surface area contributed by atoms with Crippen molar-refractivity contribution < 1.29 is 9.72 Å². The number of hydrogen-bond donors (Lipinski definition) is 0. The van der Waals surface area contributed by atoms with Crippen LogP contribution in [-0.4, -0.2) is 33.8 Å². The van der Waals surface area contributed by atoms with Crippen molar-refractivity contribution in [2.75, 3.05) is 13.1 Å². The first kappa shape index (κ1) is 15.1. The number of aromatic nitrogens is 1. The van der Waals surface area contributed by atoms with Crippen LogP contribution in [0.25, 0.3) is 0 Å². The van der Waals surface area contributed by atoms with Crippen LogP contribution in [0.4, 0.5) is 5.69 Å². The molecule has 7 heteroatoms. The highest BCUT2D eigenvalue weighted by Gasteiger charge is 2.21. The van der Waals surface area contributed by atoms with Crippen LogP contribution in [0, 0.1) is 10.1 Å². The first-order chi connectivity index (χ1) is 9.01. The number of carbonyl (C=O) groups is 1. The molecule has 0 unspecified atom stereocenters. The summed E-state index contributed by atoms with van der Waals surface area (Å²) in [5.41, 5.74) is -0.228. The third-order valence-electron chi connectivity index (χ3n) is 2.40. The Morgan fingerprint density at radius 1 is 1.68 bits per heavy atom. The molecule has 0 atom stereocenters. The molecule has 0 aromatic carbocycles. The zero-order valence-electron chi connectivity index (χ0n) is 10.5. The third-order valence-corrected chi connectivity index (χ3v) is 2.70. The fourth-order valence-corrected chi connectivity index (χ4v) is 1.74. The van der Waals surface area contributed by atoms with Crippen LogP contribution in [0.3, 0.4) is 0 Å². The molecule has 0 saturated carbocycles. The molecule has 19 heavy (non-hydrogen) atoms. The Bertz CT molecular complexity index is 505. The van der Waals surface area contributed by atoms with E-state index in [4.69, 9.17) is 11.6 Å². The molecule has 0 aliphatic rings. The molecule has 6 nitrogen and oxygen atoms in total. The van der Waals surface area contributed by atoms with Crippen LogP contribution < -0.4 is 0 Å². The molecule has 1 amide bonds. The highest BCUT2D eigenvalue weighted by atomic mass is 35.5. The highest BCUT2D eigenvalue weighted by Crippen LogP contribution is 2.20. The lowest BCUT2D eigenvalue weighted by atomic mass is 10.2. The SMILES string of the molecule is C=CCN(CCC)C(=O)c1cc([N+](=O)[O-])cnc1Cl. The summed E-state index contributed by atoms with van der Waals surface area (Å²) < 4.78 is 0. The second kappa shape index (κ2) is 6.84. The number of carbonyl (C=O) groups excluding carboxylic acids is 1. The summed E-state index contributed by atoms with van der Waals surface area (Å²) in [5, 5.41) is 10.6. The van der Waals surface area contributed by atoms with Gasteiger partial charge in [-0.25, -0.2) is 4.98 Å². The predicted octanol–water partition coefficient (Wildman–Crippen LogP) is 2.68. The van der Waals surface area contributed by atoms with Crippen molar-refractivity contribution in [1.29, 1.82) is 0 Å². The molecule has 0 radical (unpaired) electrons. The number of rotatable bonds is 6. The number of nitro groups is 1. The number of hydrogen-bond acceptors (Lipinski definition) is 4. The van der Waals surface area contributed by atoms with Crippen LogP contribution in [0.15, 0.2) is 24.9 Å². The zero-order valence-corrected chi connectivity index (χ0v) is 11.3. The van der Waals surface area contributed by atoms with Gasteiger partial charge in [-0.2, -0.15) is 0 Å². The minimum Gasteiger partial charge on any atom is -0.335 e. The Balaban J connectivity index is 3.12. The van der Waals surface area contributed by atoms with Gasteiger partial charge in [-0.15, -0.1) is 6.58 Å². The van der Waals surface area contributed by atoms with Crippen molar-refractivity contribution in [2.24, 2.45) is 0 Å². The van der Waals surface area contributed by atoms with E-state index in [9.17, 15) is 14.9 Å². The van der Waals surface area contributed by atoms with Crippen LogP contribution in [0.2, 0.25) is 5.15 Å². The van der Waals surface area contributed by atoms with E-state index >= 15 is 0 Å². The topological polar surface area (TPSA) is 76.3 Å². The van der Waals surface area contributed by atoms with Crippen molar-refractivity contribution in [3.05, 3.63) is 45.7 Å². The summed E-state index contributed by atoms with van der Waals surface area (Å²) in [6, 6.07) is 1.14. The fraction of sp³-hybridized carbons (Fsp3) is 0.333. The Morgan fingerprint density at radius 2 is 2.37 bits per heavy atom. The fourth-order valence-electron chi connectivity index (χ4n) is 1.56. The molecule has 1 aromatic rings. The van der Waals surface area contributed by atoms with Crippen molar-refractivity contribution in [3.63, 3.8) is 0 Å². The number of nitrogens with zero attached hydrogens (tertiary/aromatic N) is 3. The molecule has 0 aliphatic heterocycles. The highest BCUT2D eigenvalue weighted by molar-refractivity contribution is 6.32. The second-order valence-corrected chi connectivity index (χ2v) is 4.19. The molecule has 1 heterocycles. The van der Waals surface area contributed by atoms with Gasteiger partial charge in [-0.3, -0.25) is 14.9 Å². The van der Waals surface area contributed by atoms with Gasteiger partial charge in [0.1, 0.15) is 11.3 Å².